The fourth-order valence-corrected chi connectivity index (χ4v) is 2.70. The largest absolute Gasteiger partial charge is 0.396 e. The van der Waals surface area contributed by atoms with Gasteiger partial charge in [-0.15, -0.1) is 0 Å². The van der Waals surface area contributed by atoms with Gasteiger partial charge in [-0.3, -0.25) is 14.9 Å². The lowest BCUT2D eigenvalue weighted by Crippen LogP contribution is -2.39. The van der Waals surface area contributed by atoms with E-state index < -0.39 is 4.92 Å². The van der Waals surface area contributed by atoms with Gasteiger partial charge in [0.15, 0.2) is 0 Å². The van der Waals surface area contributed by atoms with Gasteiger partial charge in [0, 0.05) is 36.3 Å². The average Bonchev–Trinajstić information content (AvgIpc) is 2.47. The van der Waals surface area contributed by atoms with Crippen molar-refractivity contribution in [3.05, 3.63) is 38.3 Å². The van der Waals surface area contributed by atoms with Gasteiger partial charge in [0.1, 0.15) is 0 Å². The third kappa shape index (κ3) is 3.16. The highest BCUT2D eigenvalue weighted by molar-refractivity contribution is 9.10. The molecule has 1 N–H and O–H groups in total. The number of rotatable bonds is 3. The molecule has 0 aliphatic carbocycles. The number of nitro groups is 1. The van der Waals surface area contributed by atoms with E-state index in [1.807, 2.05) is 0 Å². The van der Waals surface area contributed by atoms with Crippen LogP contribution < -0.4 is 0 Å². The van der Waals surface area contributed by atoms with Crippen molar-refractivity contribution in [1.82, 2.24) is 4.90 Å². The third-order valence-corrected chi connectivity index (χ3v) is 4.24. The lowest BCUT2D eigenvalue weighted by molar-refractivity contribution is -0.384. The second-order valence-electron chi connectivity index (χ2n) is 4.84. The molecule has 0 aromatic heterocycles. The van der Waals surface area contributed by atoms with Crippen molar-refractivity contribution < 1.29 is 14.8 Å². The van der Waals surface area contributed by atoms with Crippen LogP contribution in [-0.4, -0.2) is 40.5 Å². The fourth-order valence-electron chi connectivity index (χ4n) is 2.28. The highest BCUT2D eigenvalue weighted by atomic mass is 79.9. The highest BCUT2D eigenvalue weighted by Crippen LogP contribution is 2.26. The monoisotopic (exact) mass is 342 g/mol. The molecule has 1 fully saturated rings. The summed E-state index contributed by atoms with van der Waals surface area (Å²) >= 11 is 3.26. The van der Waals surface area contributed by atoms with E-state index in [0.29, 0.717) is 23.1 Å². The van der Waals surface area contributed by atoms with Crippen molar-refractivity contribution in [2.75, 3.05) is 19.7 Å². The number of benzene rings is 1. The van der Waals surface area contributed by atoms with Crippen molar-refractivity contribution in [2.45, 2.75) is 12.8 Å². The van der Waals surface area contributed by atoms with Crippen LogP contribution in [0, 0.1) is 16.0 Å². The molecule has 1 heterocycles. The Morgan fingerprint density at radius 2 is 2.10 bits per heavy atom. The average molecular weight is 343 g/mol. The van der Waals surface area contributed by atoms with Gasteiger partial charge in [0.2, 0.25) is 0 Å². The molecule has 1 aromatic rings. The Bertz CT molecular complexity index is 527. The van der Waals surface area contributed by atoms with E-state index in [0.717, 1.165) is 12.8 Å². The molecule has 2 rings (SSSR count). The summed E-state index contributed by atoms with van der Waals surface area (Å²) in [6, 6.07) is 4.18. The Kier molecular flexibility index (Phi) is 4.72. The van der Waals surface area contributed by atoms with Crippen molar-refractivity contribution in [1.29, 1.82) is 0 Å². The summed E-state index contributed by atoms with van der Waals surface area (Å²) in [5, 5.41) is 19.9. The zero-order valence-corrected chi connectivity index (χ0v) is 12.4. The molecule has 1 amide bonds. The number of nitro benzene ring substituents is 1. The summed E-state index contributed by atoms with van der Waals surface area (Å²) < 4.78 is 0.553. The van der Waals surface area contributed by atoms with Crippen molar-refractivity contribution in [3.63, 3.8) is 0 Å². The summed E-state index contributed by atoms with van der Waals surface area (Å²) in [6.45, 7) is 1.28. The second kappa shape index (κ2) is 6.32. The minimum atomic E-state index is -0.513. The topological polar surface area (TPSA) is 83.7 Å². The Hall–Kier alpha value is -1.47. The first-order valence-corrected chi connectivity index (χ1v) is 7.16. The van der Waals surface area contributed by atoms with Crippen molar-refractivity contribution in [3.8, 4) is 0 Å². The molecular formula is C13H15BrN2O4. The van der Waals surface area contributed by atoms with E-state index in [4.69, 9.17) is 5.11 Å². The SMILES string of the molecule is O=C(c1cc([N+](=O)[O-])ccc1Br)N1CCC(CO)CC1. The van der Waals surface area contributed by atoms with Crippen molar-refractivity contribution in [2.24, 2.45) is 5.92 Å². The first-order chi connectivity index (χ1) is 9.52. The number of carbonyl (C=O) groups is 1. The standard InChI is InChI=1S/C13H15BrN2O4/c14-12-2-1-10(16(19)20)7-11(12)13(18)15-5-3-9(8-17)4-6-15/h1-2,7,9,17H,3-6,8H2. The number of nitrogens with zero attached hydrogens (tertiary/aromatic N) is 2. The number of amides is 1. The maximum Gasteiger partial charge on any atom is 0.270 e. The lowest BCUT2D eigenvalue weighted by Gasteiger charge is -2.31. The number of non-ortho nitro benzene ring substituents is 1. The maximum atomic E-state index is 12.4. The van der Waals surface area contributed by atoms with Gasteiger partial charge < -0.3 is 10.0 Å². The van der Waals surface area contributed by atoms with E-state index in [-0.39, 0.29) is 24.1 Å². The number of carbonyl (C=O) groups excluding carboxylic acids is 1. The summed E-state index contributed by atoms with van der Waals surface area (Å²) in [4.78, 5) is 24.3. The molecule has 20 heavy (non-hydrogen) atoms. The lowest BCUT2D eigenvalue weighted by atomic mass is 9.97. The summed E-state index contributed by atoms with van der Waals surface area (Å²) in [7, 11) is 0. The molecule has 0 unspecified atom stereocenters. The molecular weight excluding hydrogens is 328 g/mol. The molecule has 0 radical (unpaired) electrons. The van der Waals surface area contributed by atoms with Crippen LogP contribution in [0.5, 0.6) is 0 Å². The number of halogens is 1. The van der Waals surface area contributed by atoms with E-state index >= 15 is 0 Å². The van der Waals surface area contributed by atoms with E-state index in [2.05, 4.69) is 15.9 Å². The zero-order valence-electron chi connectivity index (χ0n) is 10.8. The quantitative estimate of drug-likeness (QED) is 0.674. The van der Waals surface area contributed by atoms with Gasteiger partial charge in [-0.05, 0) is 40.8 Å². The minimum Gasteiger partial charge on any atom is -0.396 e. The van der Waals surface area contributed by atoms with Gasteiger partial charge >= 0.3 is 0 Å². The molecule has 0 atom stereocenters. The summed E-state index contributed by atoms with van der Waals surface area (Å²) in [6.07, 6.45) is 1.52. The second-order valence-corrected chi connectivity index (χ2v) is 5.69. The molecule has 6 nitrogen and oxygen atoms in total. The third-order valence-electron chi connectivity index (χ3n) is 3.55. The van der Waals surface area contributed by atoms with Crippen LogP contribution in [0.15, 0.2) is 22.7 Å². The predicted octanol–water partition coefficient (Wildman–Crippen LogP) is 2.20. The van der Waals surface area contributed by atoms with Crippen LogP contribution in [0.3, 0.4) is 0 Å². The van der Waals surface area contributed by atoms with Gasteiger partial charge in [-0.2, -0.15) is 0 Å². The van der Waals surface area contributed by atoms with E-state index in [1.54, 1.807) is 4.90 Å². The minimum absolute atomic E-state index is 0.0956. The normalized spacial score (nSPS) is 16.2. The van der Waals surface area contributed by atoms with Crippen LogP contribution in [0.25, 0.3) is 0 Å². The number of aliphatic hydroxyl groups excluding tert-OH is 1. The first-order valence-electron chi connectivity index (χ1n) is 6.37. The molecule has 1 aliphatic heterocycles. The van der Waals surface area contributed by atoms with Crippen LogP contribution in [-0.2, 0) is 0 Å². The Balaban J connectivity index is 2.17. The molecule has 1 aliphatic rings. The summed E-state index contributed by atoms with van der Waals surface area (Å²) in [5.74, 6) is 0.0320. The van der Waals surface area contributed by atoms with E-state index in [9.17, 15) is 14.9 Å². The molecule has 0 bridgehead atoms. The van der Waals surface area contributed by atoms with Gasteiger partial charge in [-0.25, -0.2) is 0 Å². The molecule has 1 aromatic carbocycles. The highest BCUT2D eigenvalue weighted by Gasteiger charge is 2.25. The summed E-state index contributed by atoms with van der Waals surface area (Å²) in [5.41, 5.74) is 0.212. The van der Waals surface area contributed by atoms with Crippen LogP contribution in [0.4, 0.5) is 5.69 Å². The van der Waals surface area contributed by atoms with Crippen LogP contribution >= 0.6 is 15.9 Å². The van der Waals surface area contributed by atoms with Gasteiger partial charge in [0.05, 0.1) is 10.5 Å². The number of likely N-dealkylation sites (tertiary alicyclic amines) is 1. The molecule has 1 saturated heterocycles. The maximum absolute atomic E-state index is 12.4. The van der Waals surface area contributed by atoms with Crippen LogP contribution in [0.1, 0.15) is 23.2 Å². The Labute approximate surface area is 124 Å². The molecule has 7 heteroatoms. The smallest absolute Gasteiger partial charge is 0.270 e. The van der Waals surface area contributed by atoms with Crippen LogP contribution in [0.2, 0.25) is 0 Å². The Morgan fingerprint density at radius 3 is 2.65 bits per heavy atom. The van der Waals surface area contributed by atoms with Gasteiger partial charge in [0.25, 0.3) is 11.6 Å². The number of aliphatic hydroxyl groups is 1. The van der Waals surface area contributed by atoms with Gasteiger partial charge in [-0.1, -0.05) is 0 Å². The predicted molar refractivity (Wildman–Crippen MR) is 76.5 cm³/mol. The fraction of sp³-hybridized carbons (Fsp3) is 0.462. The number of hydrogen-bond donors (Lipinski definition) is 1. The number of piperidine rings is 1. The number of hydrogen-bond acceptors (Lipinski definition) is 4. The molecule has 0 saturated carbocycles. The molecule has 0 spiro atoms. The first kappa shape index (κ1) is 14.9. The molecule has 108 valence electrons. The Morgan fingerprint density at radius 1 is 1.45 bits per heavy atom. The van der Waals surface area contributed by atoms with Crippen molar-refractivity contribution >= 4 is 27.5 Å². The zero-order chi connectivity index (χ0) is 14.7. The van der Waals surface area contributed by atoms with E-state index in [1.165, 1.54) is 18.2 Å².